The molecule has 1 aromatic carbocycles. The first kappa shape index (κ1) is 15.2. The summed E-state index contributed by atoms with van der Waals surface area (Å²) in [6, 6.07) is 4.95. The lowest BCUT2D eigenvalue weighted by atomic mass is 10.2. The molecule has 0 bridgehead atoms. The molecule has 0 aliphatic rings. The van der Waals surface area contributed by atoms with Crippen LogP contribution in [0.5, 0.6) is 0 Å². The van der Waals surface area contributed by atoms with Crippen LogP contribution in [0.4, 0.5) is 5.69 Å². The number of hydrogen-bond donors (Lipinski definition) is 2. The van der Waals surface area contributed by atoms with Gasteiger partial charge < -0.3 is 5.32 Å². The van der Waals surface area contributed by atoms with Gasteiger partial charge in [0, 0.05) is 5.69 Å². The van der Waals surface area contributed by atoms with Crippen molar-refractivity contribution in [3.05, 3.63) is 39.3 Å². The number of benzene rings is 1. The third-order valence-corrected chi connectivity index (χ3v) is 5.27. The zero-order valence-corrected chi connectivity index (χ0v) is 13.4. The van der Waals surface area contributed by atoms with E-state index in [-0.39, 0.29) is 4.90 Å². The van der Waals surface area contributed by atoms with Gasteiger partial charge in [-0.15, -0.1) is 11.3 Å². The molecular formula is C12H14ClN3O2S2. The first-order valence-electron chi connectivity index (χ1n) is 5.80. The topological polar surface area (TPSA) is 71.1 Å². The van der Waals surface area contributed by atoms with E-state index in [0.29, 0.717) is 10.9 Å². The Balaban J connectivity index is 2.21. The number of rotatable bonds is 5. The van der Waals surface area contributed by atoms with Crippen LogP contribution in [0, 0.1) is 6.92 Å². The Morgan fingerprint density at radius 2 is 2.15 bits per heavy atom. The van der Waals surface area contributed by atoms with Crippen LogP contribution in [-0.2, 0) is 16.6 Å². The highest BCUT2D eigenvalue weighted by Gasteiger charge is 2.13. The fourth-order valence-corrected chi connectivity index (χ4v) is 3.27. The summed E-state index contributed by atoms with van der Waals surface area (Å²) in [5.74, 6) is 0. The molecule has 8 heteroatoms. The van der Waals surface area contributed by atoms with Crippen LogP contribution < -0.4 is 10.0 Å². The molecule has 20 heavy (non-hydrogen) atoms. The molecule has 0 fully saturated rings. The second-order valence-electron chi connectivity index (χ2n) is 4.10. The van der Waals surface area contributed by atoms with Gasteiger partial charge in [0.1, 0.15) is 9.34 Å². The Hall–Kier alpha value is -1.15. The maximum Gasteiger partial charge on any atom is 0.240 e. The third kappa shape index (κ3) is 3.49. The van der Waals surface area contributed by atoms with Gasteiger partial charge in [-0.05, 0) is 31.7 Å². The molecule has 0 amide bonds. The van der Waals surface area contributed by atoms with Gasteiger partial charge in [-0.25, -0.2) is 18.1 Å². The number of thiazole rings is 1. The number of anilines is 1. The van der Waals surface area contributed by atoms with Crippen LogP contribution >= 0.6 is 22.9 Å². The van der Waals surface area contributed by atoms with Crippen LogP contribution in [0.2, 0.25) is 4.34 Å². The first-order valence-corrected chi connectivity index (χ1v) is 8.48. The molecule has 1 aromatic heterocycles. The number of aromatic nitrogens is 1. The first-order chi connectivity index (χ1) is 9.42. The van der Waals surface area contributed by atoms with E-state index in [1.54, 1.807) is 24.4 Å². The van der Waals surface area contributed by atoms with E-state index in [4.69, 9.17) is 11.6 Å². The maximum atomic E-state index is 11.8. The molecule has 0 aliphatic heterocycles. The summed E-state index contributed by atoms with van der Waals surface area (Å²) in [6.07, 6.45) is 1.60. The van der Waals surface area contributed by atoms with Gasteiger partial charge in [0.15, 0.2) is 0 Å². The van der Waals surface area contributed by atoms with Crippen LogP contribution in [0.1, 0.15) is 10.6 Å². The van der Waals surface area contributed by atoms with Crippen molar-refractivity contribution in [1.82, 2.24) is 9.71 Å². The van der Waals surface area contributed by atoms with Crippen molar-refractivity contribution in [1.29, 1.82) is 0 Å². The molecule has 0 radical (unpaired) electrons. The highest BCUT2D eigenvalue weighted by atomic mass is 35.5. The van der Waals surface area contributed by atoms with E-state index in [1.807, 2.05) is 6.92 Å². The smallest absolute Gasteiger partial charge is 0.240 e. The van der Waals surface area contributed by atoms with Gasteiger partial charge in [0.25, 0.3) is 0 Å². The Kier molecular flexibility index (Phi) is 4.64. The number of hydrogen-bond acceptors (Lipinski definition) is 5. The van der Waals surface area contributed by atoms with Crippen molar-refractivity contribution in [2.24, 2.45) is 0 Å². The molecule has 0 saturated heterocycles. The predicted molar refractivity (Wildman–Crippen MR) is 81.9 cm³/mol. The number of aryl methyl sites for hydroxylation is 1. The van der Waals surface area contributed by atoms with E-state index in [0.717, 1.165) is 16.3 Å². The van der Waals surface area contributed by atoms with E-state index < -0.39 is 10.0 Å². The fraction of sp³-hybridized carbons (Fsp3) is 0.250. The number of nitrogens with zero attached hydrogens (tertiary/aromatic N) is 1. The summed E-state index contributed by atoms with van der Waals surface area (Å²) < 4.78 is 26.5. The van der Waals surface area contributed by atoms with Gasteiger partial charge in [-0.3, -0.25) is 0 Å². The minimum atomic E-state index is -3.44. The van der Waals surface area contributed by atoms with Crippen LogP contribution in [-0.4, -0.2) is 20.4 Å². The van der Waals surface area contributed by atoms with Crippen molar-refractivity contribution in [3.8, 4) is 0 Å². The Labute approximate surface area is 127 Å². The standard InChI is InChI=1S/C12H14ClN3O2S2/c1-8-3-4-9(20(17,18)14-2)5-10(8)15-7-12-16-6-11(13)19-12/h3-6,14-15H,7H2,1-2H3. The zero-order chi connectivity index (χ0) is 14.8. The zero-order valence-electron chi connectivity index (χ0n) is 11.0. The van der Waals surface area contributed by atoms with Crippen molar-refractivity contribution >= 4 is 38.6 Å². The molecule has 108 valence electrons. The van der Waals surface area contributed by atoms with Gasteiger partial charge in [0.05, 0.1) is 17.6 Å². The lowest BCUT2D eigenvalue weighted by Crippen LogP contribution is -2.18. The summed E-state index contributed by atoms with van der Waals surface area (Å²) in [5.41, 5.74) is 1.72. The molecule has 0 aliphatic carbocycles. The maximum absolute atomic E-state index is 11.8. The number of nitrogens with one attached hydrogen (secondary N) is 2. The molecule has 0 spiro atoms. The fourth-order valence-electron chi connectivity index (χ4n) is 1.62. The second-order valence-corrected chi connectivity index (χ2v) is 7.73. The van der Waals surface area contributed by atoms with Crippen LogP contribution in [0.15, 0.2) is 29.3 Å². The predicted octanol–water partition coefficient (Wildman–Crippen LogP) is 2.63. The molecule has 2 rings (SSSR count). The Morgan fingerprint density at radius 1 is 1.40 bits per heavy atom. The van der Waals surface area contributed by atoms with Crippen molar-refractivity contribution in [3.63, 3.8) is 0 Å². The highest BCUT2D eigenvalue weighted by molar-refractivity contribution is 7.89. The monoisotopic (exact) mass is 331 g/mol. The molecule has 5 nitrogen and oxygen atoms in total. The van der Waals surface area contributed by atoms with Crippen molar-refractivity contribution < 1.29 is 8.42 Å². The highest BCUT2D eigenvalue weighted by Crippen LogP contribution is 2.23. The Bertz CT molecular complexity index is 713. The minimum absolute atomic E-state index is 0.227. The van der Waals surface area contributed by atoms with Crippen molar-refractivity contribution in [2.75, 3.05) is 12.4 Å². The molecule has 2 N–H and O–H groups in total. The van der Waals surface area contributed by atoms with E-state index >= 15 is 0 Å². The molecule has 0 unspecified atom stereocenters. The van der Waals surface area contributed by atoms with E-state index in [2.05, 4.69) is 15.0 Å². The average Bonchev–Trinajstić information content (AvgIpc) is 2.83. The van der Waals surface area contributed by atoms with Gasteiger partial charge in [-0.2, -0.15) is 0 Å². The molecule has 2 aromatic rings. The molecule has 0 saturated carbocycles. The van der Waals surface area contributed by atoms with Gasteiger partial charge in [0.2, 0.25) is 10.0 Å². The normalized spacial score (nSPS) is 11.6. The molecule has 1 heterocycles. The van der Waals surface area contributed by atoms with Crippen LogP contribution in [0.3, 0.4) is 0 Å². The SMILES string of the molecule is CNS(=O)(=O)c1ccc(C)c(NCc2ncc(Cl)s2)c1. The Morgan fingerprint density at radius 3 is 2.75 bits per heavy atom. The number of sulfonamides is 1. The second kappa shape index (κ2) is 6.09. The van der Waals surface area contributed by atoms with Crippen molar-refractivity contribution in [2.45, 2.75) is 18.4 Å². The quantitative estimate of drug-likeness (QED) is 0.883. The van der Waals surface area contributed by atoms with E-state index in [9.17, 15) is 8.42 Å². The van der Waals surface area contributed by atoms with Gasteiger partial charge in [-0.1, -0.05) is 17.7 Å². The summed E-state index contributed by atoms with van der Waals surface area (Å²) in [4.78, 5) is 4.37. The largest absolute Gasteiger partial charge is 0.378 e. The number of halogens is 1. The lowest BCUT2D eigenvalue weighted by Gasteiger charge is -2.10. The molecule has 0 atom stereocenters. The summed E-state index contributed by atoms with van der Waals surface area (Å²) >= 11 is 7.21. The third-order valence-electron chi connectivity index (χ3n) is 2.74. The summed E-state index contributed by atoms with van der Waals surface area (Å²) in [7, 11) is -2.05. The summed E-state index contributed by atoms with van der Waals surface area (Å²) in [5, 5.41) is 4.02. The summed E-state index contributed by atoms with van der Waals surface area (Å²) in [6.45, 7) is 2.41. The van der Waals surface area contributed by atoms with Crippen LogP contribution in [0.25, 0.3) is 0 Å². The lowest BCUT2D eigenvalue weighted by molar-refractivity contribution is 0.588. The average molecular weight is 332 g/mol. The van der Waals surface area contributed by atoms with Gasteiger partial charge >= 0.3 is 0 Å². The van der Waals surface area contributed by atoms with E-state index in [1.165, 1.54) is 18.4 Å². The molecular weight excluding hydrogens is 318 g/mol. The minimum Gasteiger partial charge on any atom is -0.378 e.